The Morgan fingerprint density at radius 3 is 0.773 bits per heavy atom. The third-order valence-electron chi connectivity index (χ3n) is 12.2. The van der Waals surface area contributed by atoms with Gasteiger partial charge >= 0.3 is 20.4 Å². The molecule has 0 bridgehead atoms. The van der Waals surface area contributed by atoms with Crippen LogP contribution in [0, 0.1) is 7.43 Å². The Balaban J connectivity index is 0.00000105. The van der Waals surface area contributed by atoms with E-state index in [0.717, 1.165) is 32.9 Å². The van der Waals surface area contributed by atoms with E-state index in [9.17, 15) is 0 Å². The van der Waals surface area contributed by atoms with E-state index in [-0.39, 0.29) is 62.5 Å². The molecule has 0 radical (unpaired) electrons. The normalized spacial score (nSPS) is 18.1. The number of benzene rings is 7. The number of fused-ring (bicyclic) bond motifs is 4. The minimum absolute atomic E-state index is 0. The third kappa shape index (κ3) is 7.84. The quantitative estimate of drug-likeness (QED) is 0.0817. The van der Waals surface area contributed by atoms with Crippen LogP contribution < -0.4 is 45.3 Å². The van der Waals surface area contributed by atoms with Crippen LogP contribution >= 0.6 is 15.8 Å². The van der Waals surface area contributed by atoms with E-state index in [0.29, 0.717) is 21.5 Å². The van der Waals surface area contributed by atoms with E-state index >= 15 is 19.2 Å². The summed E-state index contributed by atoms with van der Waals surface area (Å²) in [6.07, 6.45) is 1.75. The van der Waals surface area contributed by atoms with E-state index in [1.54, 1.807) is 49.1 Å². The van der Waals surface area contributed by atoms with E-state index < -0.39 is 39.0 Å². The van der Waals surface area contributed by atoms with Crippen molar-refractivity contribution in [3.8, 4) is 0 Å². The molecule has 2 aromatic heterocycles. The molecule has 332 valence electrons. The van der Waals surface area contributed by atoms with E-state index in [1.165, 1.54) is 0 Å². The van der Waals surface area contributed by atoms with Crippen LogP contribution in [0.5, 0.6) is 0 Å². The van der Waals surface area contributed by atoms with Crippen LogP contribution in [-0.2, 0) is 20.4 Å². The molecule has 2 unspecified atom stereocenters. The van der Waals surface area contributed by atoms with Crippen LogP contribution in [0.2, 0.25) is 0 Å². The predicted octanol–water partition coefficient (Wildman–Crippen LogP) is 6.58. The fourth-order valence-electron chi connectivity index (χ4n) is 9.79. The first-order valence-electron chi connectivity index (χ1n) is 21.1. The van der Waals surface area contributed by atoms with Crippen LogP contribution in [0.3, 0.4) is 0 Å². The minimum Gasteiger partial charge on any atom is -1.00 e. The number of allylic oxidation sites excluding steroid dienone is 1. The Morgan fingerprint density at radius 2 is 0.561 bits per heavy atom. The second kappa shape index (κ2) is 20.2. The largest absolute Gasteiger partial charge is 2.00 e. The molecule has 0 saturated carbocycles. The molecule has 0 spiro atoms. The Morgan fingerprint density at radius 1 is 0.379 bits per heavy atom. The number of hydrogen-bond acceptors (Lipinski definition) is 4. The van der Waals surface area contributed by atoms with Gasteiger partial charge in [-0.2, -0.15) is 18.7 Å². The zero-order chi connectivity index (χ0) is 43.2. The van der Waals surface area contributed by atoms with Crippen molar-refractivity contribution < 1.29 is 32.8 Å². The fourth-order valence-corrected chi connectivity index (χ4v) is 18.0. The molecule has 8 nitrogen and oxygen atoms in total. The maximum Gasteiger partial charge on any atom is 2.00 e. The van der Waals surface area contributed by atoms with Crippen molar-refractivity contribution in [3.05, 3.63) is 278 Å². The molecule has 0 fully saturated rings. The maximum absolute atomic E-state index is 15.0. The van der Waals surface area contributed by atoms with Crippen LogP contribution in [-0.4, -0.2) is 18.7 Å². The number of halogens is 1. The molecule has 0 amide bonds. The molecule has 5 atom stereocenters. The average molecular weight is 1020 g/mol. The van der Waals surface area contributed by atoms with Gasteiger partial charge in [0.1, 0.15) is 10.6 Å². The molecular formula is C54H47ClN4O4P2Pd+2. The van der Waals surface area contributed by atoms with Gasteiger partial charge in [0.25, 0.3) is 22.2 Å². The van der Waals surface area contributed by atoms with Crippen molar-refractivity contribution in [2.75, 3.05) is 0 Å². The maximum atomic E-state index is 15.0. The average Bonchev–Trinajstić information content (AvgIpc) is 3.90. The van der Waals surface area contributed by atoms with E-state index in [4.69, 9.17) is 0 Å². The second-order valence-corrected chi connectivity index (χ2v) is 20.9. The summed E-state index contributed by atoms with van der Waals surface area (Å²) in [6, 6.07) is 63.0. The van der Waals surface area contributed by atoms with Crippen molar-refractivity contribution >= 4 is 48.0 Å². The summed E-state index contributed by atoms with van der Waals surface area (Å²) in [4.78, 5) is 60.1. The van der Waals surface area contributed by atoms with Gasteiger partial charge in [0.05, 0.1) is 37.4 Å². The van der Waals surface area contributed by atoms with Crippen LogP contribution in [0.15, 0.2) is 226 Å². The van der Waals surface area contributed by atoms with Crippen molar-refractivity contribution in [1.82, 2.24) is 18.7 Å². The number of aromatic nitrogens is 4. The molecule has 0 N–H and O–H groups in total. The van der Waals surface area contributed by atoms with Gasteiger partial charge < -0.3 is 19.8 Å². The van der Waals surface area contributed by atoms with Crippen LogP contribution in [0.1, 0.15) is 52.3 Å². The van der Waals surface area contributed by atoms with E-state index in [1.807, 2.05) is 104 Å². The van der Waals surface area contributed by atoms with Crippen LogP contribution in [0.25, 0.3) is 21.5 Å². The van der Waals surface area contributed by atoms with Crippen molar-refractivity contribution in [2.45, 2.75) is 30.1 Å². The molecule has 2 aliphatic rings. The molecule has 7 aromatic carbocycles. The summed E-state index contributed by atoms with van der Waals surface area (Å²) in [5.41, 5.74) is 2.90. The third-order valence-corrected chi connectivity index (χ3v) is 19.3. The van der Waals surface area contributed by atoms with Gasteiger partial charge in [0.15, 0.2) is 23.1 Å². The molecule has 12 heteroatoms. The van der Waals surface area contributed by atoms with Crippen LogP contribution in [0.4, 0.5) is 0 Å². The molecular weight excluding hydrogens is 972 g/mol. The van der Waals surface area contributed by atoms with Gasteiger partial charge in [-0.05, 0) is 43.3 Å². The Labute approximate surface area is 405 Å². The molecule has 0 aliphatic carbocycles. The second-order valence-electron chi connectivity index (χ2n) is 15.8. The van der Waals surface area contributed by atoms with Crippen molar-refractivity contribution in [3.63, 3.8) is 0 Å². The minimum atomic E-state index is -2.09. The van der Waals surface area contributed by atoms with E-state index in [2.05, 4.69) is 79.4 Å². The first-order chi connectivity index (χ1) is 30.9. The molecule has 2 aliphatic heterocycles. The molecule has 4 heterocycles. The van der Waals surface area contributed by atoms with Gasteiger partial charge in [-0.25, -0.2) is 0 Å². The van der Waals surface area contributed by atoms with Crippen molar-refractivity contribution in [2.24, 2.45) is 0 Å². The number of hydrogen-bond donors (Lipinski definition) is 0. The molecule has 9 aromatic rings. The Kier molecular flexibility index (Phi) is 14.7. The Hall–Kier alpha value is -6.03. The predicted molar refractivity (Wildman–Crippen MR) is 268 cm³/mol. The van der Waals surface area contributed by atoms with Gasteiger partial charge in [-0.3, -0.25) is 19.2 Å². The summed E-state index contributed by atoms with van der Waals surface area (Å²) in [5.74, 6) is -1.96. The Bertz CT molecular complexity index is 3000. The van der Waals surface area contributed by atoms with Gasteiger partial charge in [-0.15, -0.1) is 6.58 Å². The van der Waals surface area contributed by atoms with Gasteiger partial charge in [-0.1, -0.05) is 164 Å². The first-order valence-corrected chi connectivity index (χ1v) is 24.4. The summed E-state index contributed by atoms with van der Waals surface area (Å²) in [6.45, 7) is 5.25. The van der Waals surface area contributed by atoms with Gasteiger partial charge in [0, 0.05) is 22.3 Å². The SMILES string of the molecule is C=CC.O=c1c2ccccc2c(=O)n2n1C(c1ccccc1)[PH+](c1ccccc1[PH+]1[C@@H](c3ccccc3)n3c(=O)c4ccccc4c(=O)n3[C@@H]1c1ccccc1)[C@H]2c1ccccc1.[CH3-].[Cl-].[Pd+2]. The number of rotatable bonds is 6. The zero-order valence-corrected chi connectivity index (χ0v) is 40.5. The molecule has 0 saturated heterocycles. The summed E-state index contributed by atoms with van der Waals surface area (Å²) in [5, 5.41) is 3.69. The number of nitrogens with zero attached hydrogens (tertiary/aromatic N) is 4. The smallest absolute Gasteiger partial charge is 1.00 e. The first kappa shape index (κ1) is 47.9. The monoisotopic (exact) mass is 1020 g/mol. The van der Waals surface area contributed by atoms with Gasteiger partial charge in [0.2, 0.25) is 0 Å². The molecule has 66 heavy (non-hydrogen) atoms. The summed E-state index contributed by atoms with van der Waals surface area (Å²) >= 11 is 0. The van der Waals surface area contributed by atoms with Crippen molar-refractivity contribution in [1.29, 1.82) is 0 Å². The molecule has 11 rings (SSSR count). The summed E-state index contributed by atoms with van der Waals surface area (Å²) < 4.78 is 6.98. The zero-order valence-electron chi connectivity index (χ0n) is 36.2. The fraction of sp³-hybridized carbons (Fsp3) is 0.0926. The standard InChI is InChI=1S/C50H36N4O4P2.C3H6.CH3.ClH.Pd/c55-43-37-27-13-14-28-38(37)44(56)52-48(34-21-7-2-8-22-34)59(47(51(43)52)33-19-5-1-6-20-33)41-31-17-18-32-42(41)60-49(35-23-9-3-10-24-35)53-45(57)39-29-15-16-30-40(39)46(58)54(53)50(60)36-25-11-4-12-26-36;1-3-2;;;/h1-32,47-50H;3H,1H2,2H3;1H3;1H;/q;;-1;;+2/p+1/t47-,48-,49-,50?,60?;;;;/m0..../s1. The summed E-state index contributed by atoms with van der Waals surface area (Å²) in [7, 11) is -4.18. The topological polar surface area (TPSA) is 88.0 Å².